The van der Waals surface area contributed by atoms with E-state index in [0.29, 0.717) is 5.56 Å². The van der Waals surface area contributed by atoms with Crippen LogP contribution in [0.5, 0.6) is 0 Å². The number of nitrogens with one attached hydrogen (secondary N) is 1. The average Bonchev–Trinajstić information content (AvgIpc) is 2.83. The first-order chi connectivity index (χ1) is 8.01. The van der Waals surface area contributed by atoms with Gasteiger partial charge < -0.3 is 0 Å². The molecule has 1 aromatic carbocycles. The Morgan fingerprint density at radius 2 is 1.94 bits per heavy atom. The maximum Gasteiger partial charge on any atom is 0.243 e. The normalized spacial score (nSPS) is 13.5. The van der Waals surface area contributed by atoms with Crippen LogP contribution < -0.4 is 0 Å². The third-order valence-electron chi connectivity index (χ3n) is 2.47. The zero-order valence-corrected chi connectivity index (χ0v) is 9.78. The summed E-state index contributed by atoms with van der Waals surface area (Å²) < 4.78 is 36.8. The molecule has 90 valence electrons. The first kappa shape index (κ1) is 11.7. The predicted molar refractivity (Wildman–Crippen MR) is 58.4 cm³/mol. The highest BCUT2D eigenvalue weighted by Crippen LogP contribution is 2.25. The lowest BCUT2D eigenvalue weighted by molar-refractivity contribution is 0.577. The van der Waals surface area contributed by atoms with E-state index < -0.39 is 20.9 Å². The summed E-state index contributed by atoms with van der Waals surface area (Å²) >= 11 is 0. The Hall–Kier alpha value is -1.76. The monoisotopic (exact) mass is 255 g/mol. The fourth-order valence-electron chi connectivity index (χ4n) is 1.41. The minimum absolute atomic E-state index is 0.186. The number of aromatic nitrogens is 3. The van der Waals surface area contributed by atoms with Crippen molar-refractivity contribution in [3.8, 4) is 0 Å². The maximum absolute atomic E-state index is 12.7. The molecule has 0 aliphatic carbocycles. The van der Waals surface area contributed by atoms with Gasteiger partial charge in [-0.1, -0.05) is 12.1 Å². The molecule has 0 aliphatic rings. The van der Waals surface area contributed by atoms with E-state index in [2.05, 4.69) is 15.2 Å². The maximum atomic E-state index is 12.7. The van der Waals surface area contributed by atoms with Crippen LogP contribution in [0.15, 0.2) is 35.7 Å². The zero-order chi connectivity index (χ0) is 12.5. The third kappa shape index (κ3) is 2.19. The third-order valence-corrected chi connectivity index (χ3v) is 4.41. The van der Waals surface area contributed by atoms with Crippen molar-refractivity contribution in [1.82, 2.24) is 15.2 Å². The lowest BCUT2D eigenvalue weighted by Gasteiger charge is -2.10. The second-order valence-corrected chi connectivity index (χ2v) is 5.71. The van der Waals surface area contributed by atoms with Crippen LogP contribution in [0.25, 0.3) is 0 Å². The van der Waals surface area contributed by atoms with Crippen molar-refractivity contribution in [3.63, 3.8) is 0 Å². The Morgan fingerprint density at radius 1 is 1.29 bits per heavy atom. The molecule has 1 N–H and O–H groups in total. The van der Waals surface area contributed by atoms with Crippen LogP contribution in [0.3, 0.4) is 0 Å². The quantitative estimate of drug-likeness (QED) is 0.901. The first-order valence-corrected chi connectivity index (χ1v) is 6.41. The van der Waals surface area contributed by atoms with Crippen molar-refractivity contribution < 1.29 is 12.8 Å². The molecule has 0 aliphatic heterocycles. The summed E-state index contributed by atoms with van der Waals surface area (Å²) in [5.74, 6) is -0.405. The molecule has 2 aromatic rings. The molecule has 2 rings (SSSR count). The fraction of sp³-hybridized carbons (Fsp3) is 0.200. The molecule has 0 bridgehead atoms. The Balaban J connectivity index is 2.38. The van der Waals surface area contributed by atoms with Gasteiger partial charge in [-0.05, 0) is 24.6 Å². The van der Waals surface area contributed by atoms with Gasteiger partial charge in [0, 0.05) is 0 Å². The molecule has 0 radical (unpaired) electrons. The smallest absolute Gasteiger partial charge is 0.243 e. The molecule has 1 atom stereocenters. The summed E-state index contributed by atoms with van der Waals surface area (Å²) in [6.07, 6.45) is 1.13. The van der Waals surface area contributed by atoms with Gasteiger partial charge in [-0.3, -0.25) is 5.10 Å². The largest absolute Gasteiger partial charge is 0.250 e. The lowest BCUT2D eigenvalue weighted by Crippen LogP contribution is -2.12. The number of H-pyrrole nitrogens is 1. The van der Waals surface area contributed by atoms with Crippen molar-refractivity contribution in [2.45, 2.75) is 17.3 Å². The molecule has 0 saturated heterocycles. The lowest BCUT2D eigenvalue weighted by atomic mass is 10.2. The van der Waals surface area contributed by atoms with E-state index in [9.17, 15) is 12.8 Å². The van der Waals surface area contributed by atoms with Crippen LogP contribution in [0.1, 0.15) is 17.7 Å². The molecular formula is C10H10FN3O2S. The van der Waals surface area contributed by atoms with Gasteiger partial charge in [-0.2, -0.15) is 5.10 Å². The predicted octanol–water partition coefficient (Wildman–Crippen LogP) is 1.48. The van der Waals surface area contributed by atoms with E-state index in [1.54, 1.807) is 0 Å². The van der Waals surface area contributed by atoms with Crippen LogP contribution in [-0.2, 0) is 9.84 Å². The summed E-state index contributed by atoms with van der Waals surface area (Å²) in [6.45, 7) is 1.52. The number of benzene rings is 1. The number of hydrogen-bond donors (Lipinski definition) is 1. The van der Waals surface area contributed by atoms with Gasteiger partial charge in [0.1, 0.15) is 12.1 Å². The first-order valence-electron chi connectivity index (χ1n) is 4.86. The van der Waals surface area contributed by atoms with Gasteiger partial charge in [-0.25, -0.2) is 17.8 Å². The van der Waals surface area contributed by atoms with Gasteiger partial charge in [0.15, 0.2) is 0 Å². The van der Waals surface area contributed by atoms with Gasteiger partial charge in [0.05, 0.1) is 5.25 Å². The topological polar surface area (TPSA) is 75.7 Å². The number of hydrogen-bond acceptors (Lipinski definition) is 4. The van der Waals surface area contributed by atoms with E-state index in [1.807, 2.05) is 0 Å². The number of rotatable bonds is 3. The molecular weight excluding hydrogens is 245 g/mol. The summed E-state index contributed by atoms with van der Waals surface area (Å²) in [6, 6.07) is 5.32. The van der Waals surface area contributed by atoms with Crippen LogP contribution in [0.2, 0.25) is 0 Å². The highest BCUT2D eigenvalue weighted by atomic mass is 32.2. The highest BCUT2D eigenvalue weighted by molar-refractivity contribution is 7.91. The Bertz CT molecular complexity index is 593. The van der Waals surface area contributed by atoms with Crippen molar-refractivity contribution in [1.29, 1.82) is 0 Å². The Kier molecular flexibility index (Phi) is 2.93. The van der Waals surface area contributed by atoms with Crippen LogP contribution >= 0.6 is 0 Å². The van der Waals surface area contributed by atoms with Crippen molar-refractivity contribution >= 4 is 9.84 Å². The number of nitrogens with zero attached hydrogens (tertiary/aromatic N) is 2. The van der Waals surface area contributed by atoms with Crippen LogP contribution in [0.4, 0.5) is 4.39 Å². The minimum atomic E-state index is -3.61. The van der Waals surface area contributed by atoms with E-state index >= 15 is 0 Å². The molecule has 5 nitrogen and oxygen atoms in total. The molecule has 1 aromatic heterocycles. The summed E-state index contributed by atoms with van der Waals surface area (Å²) in [7, 11) is -3.61. The molecule has 7 heteroatoms. The van der Waals surface area contributed by atoms with Crippen LogP contribution in [0, 0.1) is 5.82 Å². The Labute approximate surface area is 97.6 Å². The average molecular weight is 255 g/mol. The highest BCUT2D eigenvalue weighted by Gasteiger charge is 2.27. The molecule has 17 heavy (non-hydrogen) atoms. The van der Waals surface area contributed by atoms with Gasteiger partial charge in [-0.15, -0.1) is 0 Å². The molecule has 0 amide bonds. The number of aromatic amines is 1. The summed E-state index contributed by atoms with van der Waals surface area (Å²) in [5.41, 5.74) is 0.503. The van der Waals surface area contributed by atoms with Gasteiger partial charge >= 0.3 is 0 Å². The summed E-state index contributed by atoms with van der Waals surface area (Å²) in [5, 5.41) is 4.82. The van der Waals surface area contributed by atoms with E-state index in [0.717, 1.165) is 6.33 Å². The SMILES string of the molecule is CC(c1ccc(F)cc1)S(=O)(=O)c1ncn[nH]1. The van der Waals surface area contributed by atoms with Crippen molar-refractivity contribution in [2.75, 3.05) is 0 Å². The molecule has 0 fully saturated rings. The molecule has 1 unspecified atom stereocenters. The van der Waals surface area contributed by atoms with Crippen LogP contribution in [-0.4, -0.2) is 23.6 Å². The van der Waals surface area contributed by atoms with E-state index in [1.165, 1.54) is 31.2 Å². The van der Waals surface area contributed by atoms with Crippen molar-refractivity contribution in [3.05, 3.63) is 42.0 Å². The van der Waals surface area contributed by atoms with Crippen molar-refractivity contribution in [2.24, 2.45) is 0 Å². The molecule has 0 spiro atoms. The van der Waals surface area contributed by atoms with Gasteiger partial charge in [0.2, 0.25) is 15.0 Å². The standard InChI is InChI=1S/C10H10FN3O2S/c1-7(8-2-4-9(11)5-3-8)17(15,16)10-12-6-13-14-10/h2-7H,1H3,(H,12,13,14). The second-order valence-electron chi connectivity index (χ2n) is 3.53. The van der Waals surface area contributed by atoms with E-state index in [-0.39, 0.29) is 5.16 Å². The van der Waals surface area contributed by atoms with E-state index in [4.69, 9.17) is 0 Å². The molecule has 1 heterocycles. The number of halogens is 1. The molecule has 0 saturated carbocycles. The Morgan fingerprint density at radius 3 is 2.47 bits per heavy atom. The van der Waals surface area contributed by atoms with Gasteiger partial charge in [0.25, 0.3) is 0 Å². The zero-order valence-electron chi connectivity index (χ0n) is 8.96. The number of sulfone groups is 1. The fourth-order valence-corrected chi connectivity index (χ4v) is 2.64. The summed E-state index contributed by atoms with van der Waals surface area (Å²) in [4.78, 5) is 3.62. The minimum Gasteiger partial charge on any atom is -0.250 e. The second kappa shape index (κ2) is 4.25.